The van der Waals surface area contributed by atoms with E-state index in [9.17, 15) is 8.42 Å². The third-order valence-electron chi connectivity index (χ3n) is 2.20. The molecule has 1 heterocycles. The molecule has 7 heteroatoms. The lowest BCUT2D eigenvalue weighted by Crippen LogP contribution is -2.19. The molecule has 94 valence electrons. The molecular weight excluding hydrogens is 272 g/mol. The average Bonchev–Trinajstić information content (AvgIpc) is 2.35. The second-order valence-electron chi connectivity index (χ2n) is 3.35. The zero-order chi connectivity index (χ0) is 13.2. The lowest BCUT2D eigenvalue weighted by molar-refractivity contribution is 0.413. The second kappa shape index (κ2) is 4.92. The summed E-state index contributed by atoms with van der Waals surface area (Å²) in [6, 6.07) is 4.75. The standard InChI is InChI=1S/C11H10N2O3S2/c1-3-6-17-11-12-9-5-4-8(16-2)7-10(9)18(14,15)13-11/h1,4-5,7H,6H2,2H3,(H,12,13). The first kappa shape index (κ1) is 12.8. The Hall–Kier alpha value is -1.65. The van der Waals surface area contributed by atoms with Gasteiger partial charge in [-0.2, -0.15) is 8.42 Å². The van der Waals surface area contributed by atoms with Crippen molar-refractivity contribution >= 4 is 32.6 Å². The number of ether oxygens (including phenoxy) is 1. The van der Waals surface area contributed by atoms with E-state index in [2.05, 4.69) is 15.6 Å². The number of hydrogen-bond donors (Lipinski definition) is 1. The zero-order valence-corrected chi connectivity index (χ0v) is 11.1. The Morgan fingerprint density at radius 1 is 1.56 bits per heavy atom. The summed E-state index contributed by atoms with van der Waals surface area (Å²) < 4.78 is 32.6. The lowest BCUT2D eigenvalue weighted by atomic mass is 10.3. The summed E-state index contributed by atoms with van der Waals surface area (Å²) in [6.45, 7) is 0. The quantitative estimate of drug-likeness (QED) is 0.833. The molecule has 1 N–H and O–H groups in total. The Kier molecular flexibility index (Phi) is 3.50. The van der Waals surface area contributed by atoms with Crippen LogP contribution < -0.4 is 10.1 Å². The minimum absolute atomic E-state index is 0.104. The number of benzene rings is 1. The number of thioether (sulfide) groups is 1. The molecule has 0 spiro atoms. The molecule has 0 bridgehead atoms. The van der Waals surface area contributed by atoms with Gasteiger partial charge in [0.25, 0.3) is 10.0 Å². The molecule has 1 aliphatic heterocycles. The largest absolute Gasteiger partial charge is 0.497 e. The van der Waals surface area contributed by atoms with E-state index in [4.69, 9.17) is 11.2 Å². The SMILES string of the molecule is C#CCSC1=NS(=O)(=O)c2cc(OC)ccc2N1. The van der Waals surface area contributed by atoms with Gasteiger partial charge in [-0.05, 0) is 12.1 Å². The topological polar surface area (TPSA) is 67.8 Å². The molecule has 2 rings (SSSR count). The number of sulfonamides is 1. The highest BCUT2D eigenvalue weighted by molar-refractivity contribution is 8.15. The van der Waals surface area contributed by atoms with Crippen LogP contribution in [0.3, 0.4) is 0 Å². The van der Waals surface area contributed by atoms with Crippen molar-refractivity contribution in [3.63, 3.8) is 0 Å². The first-order valence-electron chi connectivity index (χ1n) is 4.93. The van der Waals surface area contributed by atoms with E-state index < -0.39 is 10.0 Å². The monoisotopic (exact) mass is 282 g/mol. The molecule has 0 atom stereocenters. The predicted molar refractivity (Wildman–Crippen MR) is 72.5 cm³/mol. The molecule has 5 nitrogen and oxygen atoms in total. The van der Waals surface area contributed by atoms with Crippen LogP contribution in [0, 0.1) is 12.3 Å². The Bertz CT molecular complexity index is 645. The molecule has 0 saturated carbocycles. The van der Waals surface area contributed by atoms with E-state index >= 15 is 0 Å². The van der Waals surface area contributed by atoms with Crippen molar-refractivity contribution in [2.75, 3.05) is 18.2 Å². The van der Waals surface area contributed by atoms with E-state index in [1.807, 2.05) is 0 Å². The summed E-state index contributed by atoms with van der Waals surface area (Å²) in [4.78, 5) is 0.104. The number of nitrogens with one attached hydrogen (secondary N) is 1. The zero-order valence-electron chi connectivity index (χ0n) is 9.50. The fraction of sp³-hybridized carbons (Fsp3) is 0.182. The molecule has 0 fully saturated rings. The predicted octanol–water partition coefficient (Wildman–Crippen LogP) is 1.53. The molecule has 0 unspecified atom stereocenters. The van der Waals surface area contributed by atoms with Gasteiger partial charge in [0, 0.05) is 6.07 Å². The number of methoxy groups -OCH3 is 1. The number of fused-ring (bicyclic) bond motifs is 1. The average molecular weight is 282 g/mol. The van der Waals surface area contributed by atoms with Crippen molar-refractivity contribution in [2.24, 2.45) is 4.40 Å². The van der Waals surface area contributed by atoms with E-state index in [1.54, 1.807) is 12.1 Å². The minimum atomic E-state index is -3.70. The first-order valence-corrected chi connectivity index (χ1v) is 7.35. The van der Waals surface area contributed by atoms with Crippen molar-refractivity contribution in [3.05, 3.63) is 18.2 Å². The molecule has 1 aliphatic rings. The van der Waals surface area contributed by atoms with Crippen LogP contribution in [0.2, 0.25) is 0 Å². The summed E-state index contributed by atoms with van der Waals surface area (Å²) in [5.74, 6) is 3.23. The maximum atomic E-state index is 12.0. The number of terminal acetylenes is 1. The van der Waals surface area contributed by atoms with Gasteiger partial charge in [-0.25, -0.2) is 0 Å². The molecule has 0 aromatic heterocycles. The maximum Gasteiger partial charge on any atom is 0.286 e. The fourth-order valence-electron chi connectivity index (χ4n) is 1.42. The Morgan fingerprint density at radius 3 is 3.00 bits per heavy atom. The third kappa shape index (κ3) is 2.44. The van der Waals surface area contributed by atoms with Crippen LogP contribution >= 0.6 is 11.8 Å². The Labute approximate surface area is 110 Å². The summed E-state index contributed by atoms with van der Waals surface area (Å²) in [5, 5.41) is 3.20. The maximum absolute atomic E-state index is 12.0. The molecule has 0 saturated heterocycles. The van der Waals surface area contributed by atoms with Crippen molar-refractivity contribution in [1.82, 2.24) is 0 Å². The van der Waals surface area contributed by atoms with Gasteiger partial charge in [0.15, 0.2) is 5.17 Å². The summed E-state index contributed by atoms with van der Waals surface area (Å²) >= 11 is 1.17. The molecule has 1 aromatic rings. The third-order valence-corrected chi connectivity index (χ3v) is 4.41. The Balaban J connectivity index is 2.42. The highest BCUT2D eigenvalue weighted by atomic mass is 32.2. The first-order chi connectivity index (χ1) is 8.56. The second-order valence-corrected chi connectivity index (χ2v) is 5.89. The molecular formula is C11H10N2O3S2. The van der Waals surface area contributed by atoms with Crippen LogP contribution in [0.15, 0.2) is 27.5 Å². The van der Waals surface area contributed by atoms with Crippen molar-refractivity contribution in [1.29, 1.82) is 0 Å². The van der Waals surface area contributed by atoms with Gasteiger partial charge in [-0.1, -0.05) is 17.7 Å². The number of nitrogens with zero attached hydrogens (tertiary/aromatic N) is 1. The highest BCUT2D eigenvalue weighted by Gasteiger charge is 2.25. The van der Waals surface area contributed by atoms with Gasteiger partial charge in [-0.15, -0.1) is 10.8 Å². The van der Waals surface area contributed by atoms with Gasteiger partial charge in [0.05, 0.1) is 18.6 Å². The highest BCUT2D eigenvalue weighted by Crippen LogP contribution is 2.32. The summed E-state index contributed by atoms with van der Waals surface area (Å²) in [7, 11) is -2.22. The van der Waals surface area contributed by atoms with Gasteiger partial charge in [0.2, 0.25) is 0 Å². The fourth-order valence-corrected chi connectivity index (χ4v) is 3.35. The van der Waals surface area contributed by atoms with Crippen molar-refractivity contribution in [3.8, 4) is 18.1 Å². The molecule has 1 aromatic carbocycles. The van der Waals surface area contributed by atoms with Crippen LogP contribution in [0.1, 0.15) is 0 Å². The van der Waals surface area contributed by atoms with E-state index in [1.165, 1.54) is 24.9 Å². The van der Waals surface area contributed by atoms with Crippen LogP contribution in [0.5, 0.6) is 5.75 Å². The number of hydrogen-bond acceptors (Lipinski definition) is 5. The normalized spacial score (nSPS) is 15.9. The van der Waals surface area contributed by atoms with Gasteiger partial charge in [0.1, 0.15) is 10.6 Å². The minimum Gasteiger partial charge on any atom is -0.497 e. The summed E-state index contributed by atoms with van der Waals surface area (Å²) in [5.41, 5.74) is 0.477. The number of amidine groups is 1. The van der Waals surface area contributed by atoms with E-state index in [0.29, 0.717) is 17.2 Å². The van der Waals surface area contributed by atoms with Crippen molar-refractivity contribution in [2.45, 2.75) is 4.90 Å². The molecule has 0 aliphatic carbocycles. The van der Waals surface area contributed by atoms with Gasteiger partial charge >= 0.3 is 0 Å². The molecule has 18 heavy (non-hydrogen) atoms. The summed E-state index contributed by atoms with van der Waals surface area (Å²) in [6.07, 6.45) is 5.13. The van der Waals surface area contributed by atoms with Crippen LogP contribution in [-0.2, 0) is 10.0 Å². The van der Waals surface area contributed by atoms with Crippen molar-refractivity contribution < 1.29 is 13.2 Å². The van der Waals surface area contributed by atoms with Gasteiger partial charge < -0.3 is 10.1 Å². The molecule has 0 amide bonds. The number of rotatable bonds is 2. The van der Waals surface area contributed by atoms with Crippen LogP contribution in [-0.4, -0.2) is 26.4 Å². The Morgan fingerprint density at radius 2 is 2.33 bits per heavy atom. The molecule has 0 radical (unpaired) electrons. The van der Waals surface area contributed by atoms with E-state index in [0.717, 1.165) is 0 Å². The smallest absolute Gasteiger partial charge is 0.286 e. The lowest BCUT2D eigenvalue weighted by Gasteiger charge is -2.17. The van der Waals surface area contributed by atoms with Gasteiger partial charge in [-0.3, -0.25) is 0 Å². The van der Waals surface area contributed by atoms with Crippen LogP contribution in [0.4, 0.5) is 5.69 Å². The number of anilines is 1. The van der Waals surface area contributed by atoms with E-state index in [-0.39, 0.29) is 10.1 Å². The van der Waals surface area contributed by atoms with Crippen LogP contribution in [0.25, 0.3) is 0 Å².